The maximum Gasteiger partial charge on any atom is 0.254 e. The predicted octanol–water partition coefficient (Wildman–Crippen LogP) is 0.270. The van der Waals surface area contributed by atoms with Crippen LogP contribution in [0.5, 0.6) is 0 Å². The summed E-state index contributed by atoms with van der Waals surface area (Å²) >= 11 is 0. The summed E-state index contributed by atoms with van der Waals surface area (Å²) in [6.45, 7) is 7.89. The number of hydrogen-bond acceptors (Lipinski definition) is 10. The van der Waals surface area contributed by atoms with Crippen molar-refractivity contribution in [2.45, 2.75) is 47.6 Å². The number of benzene rings is 2. The van der Waals surface area contributed by atoms with Crippen LogP contribution in [0.25, 0.3) is 0 Å². The molecule has 1 atom stereocenters. The van der Waals surface area contributed by atoms with E-state index in [1.165, 1.54) is 4.90 Å². The number of carbonyl (C=O) groups excluding carboxylic acids is 5. The van der Waals surface area contributed by atoms with E-state index in [0.717, 1.165) is 0 Å². The molecule has 0 aliphatic rings. The van der Waals surface area contributed by atoms with Gasteiger partial charge in [0.15, 0.2) is 6.29 Å². The minimum Gasteiger partial charge on any atom is -0.395 e. The number of rotatable bonds is 15. The van der Waals surface area contributed by atoms with Crippen molar-refractivity contribution in [3.8, 4) is 0 Å². The van der Waals surface area contributed by atoms with Crippen molar-refractivity contribution >= 4 is 41.3 Å². The van der Waals surface area contributed by atoms with E-state index in [2.05, 4.69) is 21.3 Å². The zero-order chi connectivity index (χ0) is 34.9. The van der Waals surface area contributed by atoms with Gasteiger partial charge in [0, 0.05) is 66.9 Å². The first-order valence-corrected chi connectivity index (χ1v) is 14.8. The average Bonchev–Trinajstić information content (AvgIpc) is 3.01. The zero-order valence-electron chi connectivity index (χ0n) is 27.4. The Morgan fingerprint density at radius 1 is 0.761 bits per heavy atom. The molecule has 252 valence electrons. The van der Waals surface area contributed by atoms with Gasteiger partial charge in [-0.3, -0.25) is 24.0 Å². The molecule has 2 aromatic carbocycles. The van der Waals surface area contributed by atoms with E-state index in [-0.39, 0.29) is 60.7 Å². The van der Waals surface area contributed by atoms with E-state index in [0.29, 0.717) is 45.4 Å². The molecule has 0 aliphatic heterocycles. The molecule has 2 aromatic rings. The predicted molar refractivity (Wildman–Crippen MR) is 173 cm³/mol. The summed E-state index contributed by atoms with van der Waals surface area (Å²) in [6, 6.07) is 0. The minimum atomic E-state index is -1.14. The first-order valence-electron chi connectivity index (χ1n) is 14.8. The Morgan fingerprint density at radius 3 is 1.83 bits per heavy atom. The Bertz CT molecular complexity index is 1510. The highest BCUT2D eigenvalue weighted by molar-refractivity contribution is 6.07. The van der Waals surface area contributed by atoms with Gasteiger partial charge in [0.05, 0.1) is 19.3 Å². The number of nitrogens with one attached hydrogen (secondary N) is 4. The molecule has 46 heavy (non-hydrogen) atoms. The summed E-state index contributed by atoms with van der Waals surface area (Å²) in [7, 11) is 1.66. The van der Waals surface area contributed by atoms with Gasteiger partial charge in [-0.25, -0.2) is 0 Å². The Hall–Kier alpha value is -4.37. The number of aliphatic hydroxyl groups excluding tert-OH is 4. The van der Waals surface area contributed by atoms with Crippen LogP contribution in [0.15, 0.2) is 0 Å². The van der Waals surface area contributed by atoms with Gasteiger partial charge in [-0.2, -0.15) is 0 Å². The second-order valence-corrected chi connectivity index (χ2v) is 10.9. The molecule has 0 saturated carbocycles. The normalized spacial score (nSPS) is 11.5. The standard InChI is InChI=1S/C32H45N5O9/c1-16-23(14-40)17(2)29(36-24(43)15-41)21(6)27(16)32(46)37(10-11-38)9-8-34-30(44)25-18(3)26(20(5)28(33-7)19(25)4)31(45)35-12-22(42)13-39/h14,22,33,38-39,41-42H,8-13,15H2,1-7H3,(H,34,44)(H,35,45)(H,36,43). The maximum atomic E-state index is 13.8. The zero-order valence-corrected chi connectivity index (χ0v) is 27.4. The fraction of sp³-hybridized carbons (Fsp3) is 0.469. The molecule has 0 bridgehead atoms. The molecule has 0 aliphatic carbocycles. The van der Waals surface area contributed by atoms with Crippen molar-refractivity contribution in [1.82, 2.24) is 15.5 Å². The highest BCUT2D eigenvalue weighted by atomic mass is 16.3. The summed E-state index contributed by atoms with van der Waals surface area (Å²) in [5, 5.41) is 48.7. The van der Waals surface area contributed by atoms with Gasteiger partial charge in [-0.15, -0.1) is 0 Å². The van der Waals surface area contributed by atoms with Crippen LogP contribution in [0, 0.1) is 41.5 Å². The van der Waals surface area contributed by atoms with Crippen molar-refractivity contribution in [1.29, 1.82) is 0 Å². The number of aldehydes is 1. The Labute approximate surface area is 268 Å². The number of aliphatic hydroxyl groups is 4. The monoisotopic (exact) mass is 643 g/mol. The second-order valence-electron chi connectivity index (χ2n) is 10.9. The van der Waals surface area contributed by atoms with Crippen LogP contribution < -0.4 is 21.3 Å². The smallest absolute Gasteiger partial charge is 0.254 e. The molecule has 0 radical (unpaired) electrons. The molecule has 14 nitrogen and oxygen atoms in total. The molecule has 1 unspecified atom stereocenters. The molecule has 0 aromatic heterocycles. The third-order valence-corrected chi connectivity index (χ3v) is 8.04. The van der Waals surface area contributed by atoms with Crippen LogP contribution >= 0.6 is 0 Å². The molecular weight excluding hydrogens is 598 g/mol. The molecule has 14 heteroatoms. The van der Waals surface area contributed by atoms with Gasteiger partial charge in [-0.1, -0.05) is 0 Å². The molecule has 0 heterocycles. The van der Waals surface area contributed by atoms with Gasteiger partial charge >= 0.3 is 0 Å². The van der Waals surface area contributed by atoms with Crippen molar-refractivity contribution in [2.24, 2.45) is 0 Å². The van der Waals surface area contributed by atoms with Crippen LogP contribution in [-0.4, -0.2) is 114 Å². The third-order valence-electron chi connectivity index (χ3n) is 8.04. The van der Waals surface area contributed by atoms with Gasteiger partial charge in [0.25, 0.3) is 17.7 Å². The highest BCUT2D eigenvalue weighted by Crippen LogP contribution is 2.32. The molecule has 0 fully saturated rings. The van der Waals surface area contributed by atoms with Crippen LogP contribution in [0.3, 0.4) is 0 Å². The highest BCUT2D eigenvalue weighted by Gasteiger charge is 2.28. The average molecular weight is 644 g/mol. The lowest BCUT2D eigenvalue weighted by molar-refractivity contribution is -0.118. The van der Waals surface area contributed by atoms with Gasteiger partial charge < -0.3 is 46.6 Å². The number of nitrogens with zero attached hydrogens (tertiary/aromatic N) is 1. The topological polar surface area (TPSA) is 218 Å². The summed E-state index contributed by atoms with van der Waals surface area (Å²) in [5.41, 5.74) is 4.41. The lowest BCUT2D eigenvalue weighted by atomic mass is 9.90. The van der Waals surface area contributed by atoms with E-state index in [4.69, 9.17) is 5.11 Å². The molecule has 0 saturated heterocycles. The summed E-state index contributed by atoms with van der Waals surface area (Å²) in [4.78, 5) is 65.7. The van der Waals surface area contributed by atoms with Crippen molar-refractivity contribution in [3.05, 3.63) is 55.6 Å². The lowest BCUT2D eigenvalue weighted by Gasteiger charge is -2.26. The van der Waals surface area contributed by atoms with E-state index in [1.807, 2.05) is 0 Å². The quantitative estimate of drug-likeness (QED) is 0.124. The van der Waals surface area contributed by atoms with E-state index < -0.39 is 42.9 Å². The van der Waals surface area contributed by atoms with Gasteiger partial charge in [0.2, 0.25) is 5.91 Å². The Morgan fingerprint density at radius 2 is 1.33 bits per heavy atom. The number of carbonyl (C=O) groups is 5. The summed E-state index contributed by atoms with van der Waals surface area (Å²) < 4.78 is 0. The van der Waals surface area contributed by atoms with Crippen molar-refractivity contribution in [2.75, 3.05) is 63.7 Å². The van der Waals surface area contributed by atoms with Crippen molar-refractivity contribution in [3.63, 3.8) is 0 Å². The molecule has 2 rings (SSSR count). The van der Waals surface area contributed by atoms with Crippen molar-refractivity contribution < 1.29 is 44.4 Å². The Balaban J connectivity index is 2.42. The number of anilines is 2. The van der Waals surface area contributed by atoms with Gasteiger partial charge in [-0.05, 0) is 74.9 Å². The second kappa shape index (κ2) is 16.8. The summed E-state index contributed by atoms with van der Waals surface area (Å²) in [6.07, 6.45) is -0.560. The van der Waals surface area contributed by atoms with Crippen LogP contribution in [-0.2, 0) is 4.79 Å². The van der Waals surface area contributed by atoms with Crippen LogP contribution in [0.1, 0.15) is 74.8 Å². The van der Waals surface area contributed by atoms with E-state index in [1.54, 1.807) is 48.6 Å². The molecule has 4 amide bonds. The number of amides is 4. The fourth-order valence-electron chi connectivity index (χ4n) is 5.73. The SMILES string of the molecule is CNc1c(C)c(C(=O)NCCN(CCO)C(=O)c2c(C)c(C=O)c(C)c(NC(=O)CO)c2C)c(C)c(C(=O)NCC(O)CO)c1C. The van der Waals surface area contributed by atoms with E-state index >= 15 is 0 Å². The number of hydrogen-bond donors (Lipinski definition) is 8. The van der Waals surface area contributed by atoms with E-state index in [9.17, 15) is 39.3 Å². The van der Waals surface area contributed by atoms with Crippen LogP contribution in [0.2, 0.25) is 0 Å². The minimum absolute atomic E-state index is 0.0259. The first-order chi connectivity index (χ1) is 21.7. The first kappa shape index (κ1) is 37.8. The maximum absolute atomic E-state index is 13.8. The largest absolute Gasteiger partial charge is 0.395 e. The molecule has 8 N–H and O–H groups in total. The van der Waals surface area contributed by atoms with Gasteiger partial charge in [0.1, 0.15) is 6.61 Å². The summed E-state index contributed by atoms with van der Waals surface area (Å²) in [5.74, 6) is -2.29. The lowest BCUT2D eigenvalue weighted by Crippen LogP contribution is -2.41. The molecule has 0 spiro atoms. The fourth-order valence-corrected chi connectivity index (χ4v) is 5.73. The Kier molecular flexibility index (Phi) is 13.8. The third kappa shape index (κ3) is 8.07. The van der Waals surface area contributed by atoms with Crippen LogP contribution in [0.4, 0.5) is 11.4 Å². The molecular formula is C32H45N5O9.